The zero-order chi connectivity index (χ0) is 15.2. The SMILES string of the molecule is O=C(O)NCCNC(=O)c1ncsc1-c1ccccc1F. The number of carboxylic acid groups (broad SMARTS) is 1. The van der Waals surface area contributed by atoms with E-state index < -0.39 is 17.8 Å². The number of hydrogen-bond donors (Lipinski definition) is 3. The Morgan fingerprint density at radius 3 is 2.67 bits per heavy atom. The van der Waals surface area contributed by atoms with Gasteiger partial charge < -0.3 is 15.7 Å². The number of nitrogens with one attached hydrogen (secondary N) is 2. The number of carbonyl (C=O) groups excluding carboxylic acids is 1. The summed E-state index contributed by atoms with van der Waals surface area (Å²) < 4.78 is 13.8. The molecule has 1 aromatic heterocycles. The van der Waals surface area contributed by atoms with E-state index in [1.54, 1.807) is 18.2 Å². The molecule has 0 bridgehead atoms. The van der Waals surface area contributed by atoms with Gasteiger partial charge in [-0.05, 0) is 6.07 Å². The quantitative estimate of drug-likeness (QED) is 0.736. The van der Waals surface area contributed by atoms with E-state index in [0.717, 1.165) is 0 Å². The fraction of sp³-hybridized carbons (Fsp3) is 0.154. The van der Waals surface area contributed by atoms with Gasteiger partial charge in [0.1, 0.15) is 11.5 Å². The fourth-order valence-corrected chi connectivity index (χ4v) is 2.49. The summed E-state index contributed by atoms with van der Waals surface area (Å²) in [6, 6.07) is 6.13. The van der Waals surface area contributed by atoms with E-state index in [1.807, 2.05) is 0 Å². The number of amides is 2. The molecule has 0 aliphatic rings. The maximum absolute atomic E-state index is 13.8. The second-order valence-corrected chi connectivity index (χ2v) is 4.85. The molecular weight excluding hydrogens is 297 g/mol. The highest BCUT2D eigenvalue weighted by molar-refractivity contribution is 7.13. The van der Waals surface area contributed by atoms with Gasteiger partial charge in [-0.25, -0.2) is 14.2 Å². The first-order valence-corrected chi connectivity index (χ1v) is 6.91. The van der Waals surface area contributed by atoms with Crippen molar-refractivity contribution >= 4 is 23.3 Å². The Labute approximate surface area is 123 Å². The van der Waals surface area contributed by atoms with Gasteiger partial charge in [0.2, 0.25) is 0 Å². The monoisotopic (exact) mass is 309 g/mol. The number of thiazole rings is 1. The first-order chi connectivity index (χ1) is 10.1. The maximum Gasteiger partial charge on any atom is 0.404 e. The van der Waals surface area contributed by atoms with Crippen molar-refractivity contribution in [3.05, 3.63) is 41.3 Å². The molecule has 6 nitrogen and oxygen atoms in total. The second-order valence-electron chi connectivity index (χ2n) is 4.00. The van der Waals surface area contributed by atoms with Crippen LogP contribution >= 0.6 is 11.3 Å². The largest absolute Gasteiger partial charge is 0.465 e. The van der Waals surface area contributed by atoms with Crippen molar-refractivity contribution in [2.75, 3.05) is 13.1 Å². The van der Waals surface area contributed by atoms with Crippen LogP contribution < -0.4 is 10.6 Å². The lowest BCUT2D eigenvalue weighted by atomic mass is 10.1. The lowest BCUT2D eigenvalue weighted by molar-refractivity contribution is 0.0949. The molecule has 2 aromatic rings. The fourth-order valence-electron chi connectivity index (χ4n) is 1.67. The minimum absolute atomic E-state index is 0.0836. The van der Waals surface area contributed by atoms with Gasteiger partial charge >= 0.3 is 6.09 Å². The molecule has 2 rings (SSSR count). The average Bonchev–Trinajstić information content (AvgIpc) is 2.93. The van der Waals surface area contributed by atoms with Crippen LogP contribution in [0.2, 0.25) is 0 Å². The van der Waals surface area contributed by atoms with Gasteiger partial charge in [-0.1, -0.05) is 18.2 Å². The van der Waals surface area contributed by atoms with E-state index in [-0.39, 0.29) is 18.8 Å². The van der Waals surface area contributed by atoms with E-state index in [1.165, 1.54) is 22.9 Å². The minimum Gasteiger partial charge on any atom is -0.465 e. The number of nitrogens with zero attached hydrogens (tertiary/aromatic N) is 1. The van der Waals surface area contributed by atoms with Gasteiger partial charge in [-0.15, -0.1) is 11.3 Å². The molecule has 0 unspecified atom stereocenters. The van der Waals surface area contributed by atoms with E-state index in [0.29, 0.717) is 10.4 Å². The molecule has 110 valence electrons. The first kappa shape index (κ1) is 14.9. The Morgan fingerprint density at radius 2 is 1.95 bits per heavy atom. The minimum atomic E-state index is -1.16. The summed E-state index contributed by atoms with van der Waals surface area (Å²) in [5, 5.41) is 13.1. The Hall–Kier alpha value is -2.48. The summed E-state index contributed by atoms with van der Waals surface area (Å²) in [6.07, 6.45) is -1.16. The average molecular weight is 309 g/mol. The van der Waals surface area contributed by atoms with Gasteiger partial charge in [0, 0.05) is 18.7 Å². The molecule has 0 aliphatic carbocycles. The summed E-state index contributed by atoms with van der Waals surface area (Å²) in [7, 11) is 0. The van der Waals surface area contributed by atoms with E-state index in [9.17, 15) is 14.0 Å². The van der Waals surface area contributed by atoms with Crippen LogP contribution in [0.4, 0.5) is 9.18 Å². The molecule has 21 heavy (non-hydrogen) atoms. The Kier molecular flexibility index (Phi) is 4.83. The number of aromatic nitrogens is 1. The highest BCUT2D eigenvalue weighted by Crippen LogP contribution is 2.29. The molecule has 0 atom stereocenters. The normalized spacial score (nSPS) is 10.1. The highest BCUT2D eigenvalue weighted by atomic mass is 32.1. The van der Waals surface area contributed by atoms with Crippen LogP contribution in [0.15, 0.2) is 29.8 Å². The van der Waals surface area contributed by atoms with Crippen molar-refractivity contribution in [3.8, 4) is 10.4 Å². The Morgan fingerprint density at radius 1 is 1.24 bits per heavy atom. The molecule has 1 heterocycles. The molecule has 0 saturated carbocycles. The van der Waals surface area contributed by atoms with Gasteiger partial charge in [0.15, 0.2) is 0 Å². The van der Waals surface area contributed by atoms with Gasteiger partial charge in [0.25, 0.3) is 5.91 Å². The predicted octanol–water partition coefficient (Wildman–Crippen LogP) is 1.95. The molecule has 0 radical (unpaired) electrons. The van der Waals surface area contributed by atoms with Gasteiger partial charge in [-0.3, -0.25) is 4.79 Å². The summed E-state index contributed by atoms with van der Waals surface area (Å²) >= 11 is 1.17. The third kappa shape index (κ3) is 3.76. The number of halogens is 1. The molecule has 8 heteroatoms. The van der Waals surface area contributed by atoms with Crippen molar-refractivity contribution in [3.63, 3.8) is 0 Å². The van der Waals surface area contributed by atoms with Crippen molar-refractivity contribution in [2.24, 2.45) is 0 Å². The van der Waals surface area contributed by atoms with Crippen molar-refractivity contribution in [1.82, 2.24) is 15.6 Å². The molecule has 0 fully saturated rings. The molecule has 0 aliphatic heterocycles. The number of carbonyl (C=O) groups is 2. The van der Waals surface area contributed by atoms with Crippen LogP contribution in [-0.4, -0.2) is 35.2 Å². The van der Waals surface area contributed by atoms with E-state index in [4.69, 9.17) is 5.11 Å². The topological polar surface area (TPSA) is 91.3 Å². The van der Waals surface area contributed by atoms with Crippen LogP contribution in [0.25, 0.3) is 10.4 Å². The third-order valence-corrected chi connectivity index (χ3v) is 3.45. The van der Waals surface area contributed by atoms with Crippen LogP contribution in [0, 0.1) is 5.82 Å². The molecule has 2 amide bonds. The number of rotatable bonds is 5. The standard InChI is InChI=1S/C13H12FN3O3S/c14-9-4-2-1-3-8(9)11-10(17-7-21-11)12(18)15-5-6-16-13(19)20/h1-4,7,16H,5-6H2,(H,15,18)(H,19,20). The van der Waals surface area contributed by atoms with Gasteiger partial charge in [-0.2, -0.15) is 0 Å². The Bertz CT molecular complexity index is 660. The zero-order valence-electron chi connectivity index (χ0n) is 10.8. The Balaban J connectivity index is 2.08. The molecule has 0 spiro atoms. The summed E-state index contributed by atoms with van der Waals surface area (Å²) in [5.74, 6) is -0.898. The molecule has 3 N–H and O–H groups in total. The summed E-state index contributed by atoms with van der Waals surface area (Å²) in [5.41, 5.74) is 1.90. The van der Waals surface area contributed by atoms with Crippen molar-refractivity contribution < 1.29 is 19.1 Å². The molecular formula is C13H12FN3O3S. The summed E-state index contributed by atoms with van der Waals surface area (Å²) in [6.45, 7) is 0.208. The second kappa shape index (κ2) is 6.80. The van der Waals surface area contributed by atoms with Crippen molar-refractivity contribution in [1.29, 1.82) is 0 Å². The highest BCUT2D eigenvalue weighted by Gasteiger charge is 2.18. The third-order valence-electron chi connectivity index (χ3n) is 2.59. The smallest absolute Gasteiger partial charge is 0.404 e. The lowest BCUT2D eigenvalue weighted by Crippen LogP contribution is -2.34. The van der Waals surface area contributed by atoms with E-state index >= 15 is 0 Å². The van der Waals surface area contributed by atoms with Crippen LogP contribution in [0.1, 0.15) is 10.5 Å². The predicted molar refractivity (Wildman–Crippen MR) is 75.9 cm³/mol. The van der Waals surface area contributed by atoms with Crippen LogP contribution in [0.5, 0.6) is 0 Å². The molecule has 1 aromatic carbocycles. The van der Waals surface area contributed by atoms with Crippen LogP contribution in [0.3, 0.4) is 0 Å². The first-order valence-electron chi connectivity index (χ1n) is 6.03. The number of hydrogen-bond acceptors (Lipinski definition) is 4. The van der Waals surface area contributed by atoms with Crippen molar-refractivity contribution in [2.45, 2.75) is 0 Å². The number of benzene rings is 1. The maximum atomic E-state index is 13.8. The molecule has 0 saturated heterocycles. The summed E-state index contributed by atoms with van der Waals surface area (Å²) in [4.78, 5) is 26.7. The zero-order valence-corrected chi connectivity index (χ0v) is 11.6. The van der Waals surface area contributed by atoms with Crippen LogP contribution in [-0.2, 0) is 0 Å². The lowest BCUT2D eigenvalue weighted by Gasteiger charge is -2.06. The van der Waals surface area contributed by atoms with Gasteiger partial charge in [0.05, 0.1) is 10.4 Å². The van der Waals surface area contributed by atoms with E-state index in [2.05, 4.69) is 15.6 Å².